The molecule has 3 heterocycles. The molecule has 4 rings (SSSR count). The Morgan fingerprint density at radius 1 is 1.47 bits per heavy atom. The van der Waals surface area contributed by atoms with Crippen LogP contribution >= 0.6 is 11.6 Å². The predicted octanol–water partition coefficient (Wildman–Crippen LogP) is 3.05. The summed E-state index contributed by atoms with van der Waals surface area (Å²) in [5, 5.41) is 15.9. The number of anilines is 1. The van der Waals surface area contributed by atoms with Gasteiger partial charge in [0.2, 0.25) is 5.95 Å². The summed E-state index contributed by atoms with van der Waals surface area (Å²) in [4.78, 5) is 23.6. The lowest BCUT2D eigenvalue weighted by atomic mass is 10.0. The maximum Gasteiger partial charge on any atom is 0.318 e. The third-order valence-electron chi connectivity index (χ3n) is 5.88. The van der Waals surface area contributed by atoms with Crippen molar-refractivity contribution in [2.45, 2.75) is 50.9 Å². The van der Waals surface area contributed by atoms with Gasteiger partial charge in [-0.1, -0.05) is 17.7 Å². The van der Waals surface area contributed by atoms with Gasteiger partial charge in [-0.2, -0.15) is 0 Å². The van der Waals surface area contributed by atoms with Crippen LogP contribution in [0, 0.1) is 5.82 Å². The average molecular weight is 464 g/mol. The molecule has 10 heteroatoms. The summed E-state index contributed by atoms with van der Waals surface area (Å²) < 4.78 is 19.4. The molecular weight excluding hydrogens is 437 g/mol. The largest absolute Gasteiger partial charge is 0.394 e. The number of halogens is 2. The molecule has 0 spiro atoms. The fraction of sp³-hybridized carbons (Fsp3) is 0.500. The highest BCUT2D eigenvalue weighted by atomic mass is 35.5. The number of hydrogen-bond acceptors (Lipinski definition) is 6. The van der Waals surface area contributed by atoms with Gasteiger partial charge < -0.3 is 25.4 Å². The van der Waals surface area contributed by atoms with Gasteiger partial charge in [-0.05, 0) is 49.4 Å². The molecule has 2 aromatic rings. The van der Waals surface area contributed by atoms with E-state index in [0.717, 1.165) is 24.1 Å². The number of ether oxygens (including phenoxy) is 1. The van der Waals surface area contributed by atoms with Gasteiger partial charge in [0.25, 0.3) is 0 Å². The number of fused-ring (bicyclic) bond motifs is 1. The minimum absolute atomic E-state index is 0.0105. The lowest BCUT2D eigenvalue weighted by molar-refractivity contribution is 0.0231. The summed E-state index contributed by atoms with van der Waals surface area (Å²) in [7, 11) is 0. The molecule has 1 unspecified atom stereocenters. The number of nitrogens with one attached hydrogen (secondary N) is 2. The van der Waals surface area contributed by atoms with Crippen molar-refractivity contribution < 1.29 is 19.0 Å². The molecule has 0 aliphatic carbocycles. The maximum absolute atomic E-state index is 13.8. The Bertz CT molecular complexity index is 979. The van der Waals surface area contributed by atoms with Crippen LogP contribution in [0.1, 0.15) is 42.6 Å². The summed E-state index contributed by atoms with van der Waals surface area (Å²) in [6.45, 7) is 3.23. The third-order valence-corrected chi connectivity index (χ3v) is 6.18. The van der Waals surface area contributed by atoms with Crippen LogP contribution in [0.25, 0.3) is 0 Å². The Balaban J connectivity index is 1.41. The molecule has 3 N–H and O–H groups in total. The highest BCUT2D eigenvalue weighted by Crippen LogP contribution is 2.23. The second kappa shape index (κ2) is 9.97. The van der Waals surface area contributed by atoms with Crippen molar-refractivity contribution in [3.05, 3.63) is 52.1 Å². The monoisotopic (exact) mass is 463 g/mol. The first-order valence-corrected chi connectivity index (χ1v) is 11.1. The molecule has 1 aromatic heterocycles. The number of carbonyl (C=O) groups excluding carboxylic acids is 1. The summed E-state index contributed by atoms with van der Waals surface area (Å²) in [6.07, 6.45) is 4.44. The van der Waals surface area contributed by atoms with E-state index in [0.29, 0.717) is 37.6 Å². The quantitative estimate of drug-likeness (QED) is 0.630. The number of nitrogens with zero attached hydrogens (tertiary/aromatic N) is 3. The Morgan fingerprint density at radius 2 is 2.31 bits per heavy atom. The number of benzene rings is 1. The maximum atomic E-state index is 13.8. The Labute approximate surface area is 191 Å². The van der Waals surface area contributed by atoms with Crippen molar-refractivity contribution in [2.24, 2.45) is 0 Å². The van der Waals surface area contributed by atoms with Crippen LogP contribution < -0.4 is 10.6 Å². The number of amides is 2. The van der Waals surface area contributed by atoms with E-state index in [1.807, 2.05) is 6.20 Å². The van der Waals surface area contributed by atoms with Crippen molar-refractivity contribution in [1.82, 2.24) is 20.2 Å². The highest BCUT2D eigenvalue weighted by Gasteiger charge is 2.26. The first kappa shape index (κ1) is 22.7. The lowest BCUT2D eigenvalue weighted by Crippen LogP contribution is -2.45. The van der Waals surface area contributed by atoms with Crippen molar-refractivity contribution in [1.29, 1.82) is 0 Å². The van der Waals surface area contributed by atoms with E-state index < -0.39 is 11.9 Å². The summed E-state index contributed by atoms with van der Waals surface area (Å²) >= 11 is 5.73. The molecule has 2 aliphatic heterocycles. The van der Waals surface area contributed by atoms with Crippen molar-refractivity contribution in [3.8, 4) is 0 Å². The van der Waals surface area contributed by atoms with E-state index in [-0.39, 0.29) is 29.8 Å². The minimum Gasteiger partial charge on any atom is -0.394 e. The van der Waals surface area contributed by atoms with E-state index in [4.69, 9.17) is 16.3 Å². The molecule has 3 atom stereocenters. The molecule has 1 fully saturated rings. The molecular formula is C22H27ClFN5O3. The fourth-order valence-corrected chi connectivity index (χ4v) is 4.18. The van der Waals surface area contributed by atoms with Gasteiger partial charge in [0.05, 0.1) is 36.0 Å². The van der Waals surface area contributed by atoms with Crippen LogP contribution in [-0.2, 0) is 17.7 Å². The van der Waals surface area contributed by atoms with Crippen molar-refractivity contribution in [2.75, 3.05) is 25.1 Å². The third kappa shape index (κ3) is 5.28. The van der Waals surface area contributed by atoms with Crippen LogP contribution in [0.4, 0.5) is 15.1 Å². The summed E-state index contributed by atoms with van der Waals surface area (Å²) in [6, 6.07) is 3.37. The molecule has 1 saturated heterocycles. The van der Waals surface area contributed by atoms with Gasteiger partial charge in [-0.15, -0.1) is 0 Å². The molecule has 0 saturated carbocycles. The molecule has 2 amide bonds. The molecule has 32 heavy (non-hydrogen) atoms. The number of aliphatic hydroxyl groups is 1. The zero-order valence-electron chi connectivity index (χ0n) is 17.9. The normalized spacial score (nSPS) is 21.6. The van der Waals surface area contributed by atoms with Crippen molar-refractivity contribution >= 4 is 23.6 Å². The van der Waals surface area contributed by atoms with E-state index in [1.165, 1.54) is 12.1 Å². The average Bonchev–Trinajstić information content (AvgIpc) is 2.78. The number of aliphatic hydroxyl groups excluding tert-OH is 1. The van der Waals surface area contributed by atoms with Crippen LogP contribution in [0.5, 0.6) is 0 Å². The van der Waals surface area contributed by atoms with E-state index in [2.05, 4.69) is 27.5 Å². The van der Waals surface area contributed by atoms with Crippen LogP contribution in [0.15, 0.2) is 24.4 Å². The Hall–Kier alpha value is -2.49. The van der Waals surface area contributed by atoms with Gasteiger partial charge in [-0.3, -0.25) is 0 Å². The smallest absolute Gasteiger partial charge is 0.318 e. The Kier molecular flexibility index (Phi) is 7.07. The van der Waals surface area contributed by atoms with Crippen LogP contribution in [0.3, 0.4) is 0 Å². The standard InChI is InChI=1S/C22H27ClFN5O3/c1-13-8-16(5-7-32-13)26-21-25-10-15-4-6-29(11-19(15)27-21)22(31)28-20(12-30)14-2-3-17(23)18(24)9-14/h2-3,9-10,13,16,20,30H,4-8,11-12H2,1H3,(H,28,31)(H,25,26,27)/t13-,16?,20-/m1/s1. The molecule has 2 aliphatic rings. The molecule has 0 bridgehead atoms. The second-order valence-electron chi connectivity index (χ2n) is 8.24. The van der Waals surface area contributed by atoms with E-state index in [9.17, 15) is 14.3 Å². The zero-order valence-corrected chi connectivity index (χ0v) is 18.6. The number of carbonyl (C=O) groups is 1. The molecule has 0 radical (unpaired) electrons. The lowest BCUT2D eigenvalue weighted by Gasteiger charge is -2.31. The SMILES string of the molecule is C[C@@H]1CC(Nc2ncc3c(n2)CN(C(=O)N[C@H](CO)c2ccc(Cl)c(F)c2)CC3)CCO1. The van der Waals surface area contributed by atoms with Gasteiger partial charge in [0.1, 0.15) is 5.82 Å². The van der Waals surface area contributed by atoms with Gasteiger partial charge >= 0.3 is 6.03 Å². The van der Waals surface area contributed by atoms with Gasteiger partial charge in [0, 0.05) is 25.4 Å². The summed E-state index contributed by atoms with van der Waals surface area (Å²) in [5.74, 6) is -0.0469. The minimum atomic E-state index is -0.742. The fourth-order valence-electron chi connectivity index (χ4n) is 4.06. The number of aromatic nitrogens is 2. The van der Waals surface area contributed by atoms with Crippen molar-refractivity contribution in [3.63, 3.8) is 0 Å². The van der Waals surface area contributed by atoms with Gasteiger partial charge in [-0.25, -0.2) is 19.2 Å². The molecule has 8 nitrogen and oxygen atoms in total. The first-order chi connectivity index (χ1) is 15.4. The highest BCUT2D eigenvalue weighted by molar-refractivity contribution is 6.30. The molecule has 1 aromatic carbocycles. The Morgan fingerprint density at radius 3 is 3.06 bits per heavy atom. The van der Waals surface area contributed by atoms with Gasteiger partial charge in [0.15, 0.2) is 0 Å². The zero-order chi connectivity index (χ0) is 22.7. The second-order valence-corrected chi connectivity index (χ2v) is 8.65. The number of urea groups is 1. The van der Waals surface area contributed by atoms with E-state index >= 15 is 0 Å². The first-order valence-electron chi connectivity index (χ1n) is 10.8. The summed E-state index contributed by atoms with van der Waals surface area (Å²) in [5.41, 5.74) is 2.25. The topological polar surface area (TPSA) is 99.6 Å². The van der Waals surface area contributed by atoms with Crippen LogP contribution in [-0.4, -0.2) is 57.9 Å². The number of hydrogen-bond donors (Lipinski definition) is 3. The van der Waals surface area contributed by atoms with Crippen LogP contribution in [0.2, 0.25) is 5.02 Å². The number of rotatable bonds is 5. The molecule has 172 valence electrons. The predicted molar refractivity (Wildman–Crippen MR) is 118 cm³/mol. The van der Waals surface area contributed by atoms with E-state index in [1.54, 1.807) is 11.0 Å².